The van der Waals surface area contributed by atoms with Crippen molar-refractivity contribution in [3.63, 3.8) is 0 Å². The number of aromatic amines is 1. The van der Waals surface area contributed by atoms with Crippen LogP contribution in [0.15, 0.2) is 48.1 Å². The average molecular weight is 363 g/mol. The van der Waals surface area contributed by atoms with Gasteiger partial charge in [0.2, 0.25) is 0 Å². The summed E-state index contributed by atoms with van der Waals surface area (Å²) in [5, 5.41) is 2.99. The third-order valence-electron chi connectivity index (χ3n) is 3.69. The third kappa shape index (κ3) is 2.43. The van der Waals surface area contributed by atoms with E-state index in [2.05, 4.69) is 9.97 Å². The van der Waals surface area contributed by atoms with Crippen LogP contribution in [-0.2, 0) is 0 Å². The third-order valence-corrected chi connectivity index (χ3v) is 5.17. The number of H-pyrrole nitrogens is 1. The molecule has 0 aliphatic rings. The van der Waals surface area contributed by atoms with Crippen molar-refractivity contribution in [2.75, 3.05) is 0 Å². The first kappa shape index (κ1) is 14.7. The Labute approximate surface area is 145 Å². The molecule has 6 heteroatoms. The summed E-state index contributed by atoms with van der Waals surface area (Å²) in [6.07, 6.45) is 3.53. The van der Waals surface area contributed by atoms with Crippen molar-refractivity contribution >= 4 is 45.6 Å². The van der Waals surface area contributed by atoms with Crippen molar-refractivity contribution < 1.29 is 4.39 Å². The molecule has 0 spiro atoms. The van der Waals surface area contributed by atoms with Crippen LogP contribution in [0.5, 0.6) is 0 Å². The zero-order valence-corrected chi connectivity index (χ0v) is 13.9. The topological polar surface area (TPSA) is 28.7 Å². The molecule has 0 unspecified atom stereocenters. The summed E-state index contributed by atoms with van der Waals surface area (Å²) in [4.78, 5) is 7.48. The Morgan fingerprint density at radius 3 is 2.74 bits per heavy atom. The molecule has 0 bridgehead atoms. The van der Waals surface area contributed by atoms with E-state index in [1.54, 1.807) is 24.5 Å². The number of hydrogen-bond acceptors (Lipinski definition) is 2. The highest BCUT2D eigenvalue weighted by molar-refractivity contribution is 7.14. The number of nitrogens with one attached hydrogen (secondary N) is 1. The lowest BCUT2D eigenvalue weighted by molar-refractivity contribution is 0.629. The van der Waals surface area contributed by atoms with E-state index < -0.39 is 5.82 Å². The molecule has 114 valence electrons. The second kappa shape index (κ2) is 5.64. The standard InChI is InChI=1S/C17H9Cl2FN2S/c18-14-6-9(8-23-14)10-4-5-21-17-15(10)12(7-22-17)11-2-1-3-13(20)16(11)19/h1-8H,(H,21,22). The molecule has 3 heterocycles. The Hall–Kier alpha value is -1.88. The van der Waals surface area contributed by atoms with Crippen molar-refractivity contribution in [1.29, 1.82) is 0 Å². The molecule has 0 atom stereocenters. The summed E-state index contributed by atoms with van der Waals surface area (Å²) in [5.74, 6) is -0.442. The highest BCUT2D eigenvalue weighted by Crippen LogP contribution is 2.40. The van der Waals surface area contributed by atoms with Crippen LogP contribution in [0.4, 0.5) is 4.39 Å². The van der Waals surface area contributed by atoms with Crippen LogP contribution in [0.1, 0.15) is 0 Å². The van der Waals surface area contributed by atoms with E-state index in [9.17, 15) is 4.39 Å². The van der Waals surface area contributed by atoms with Crippen LogP contribution in [0.2, 0.25) is 9.36 Å². The monoisotopic (exact) mass is 362 g/mol. The first-order chi connectivity index (χ1) is 11.1. The van der Waals surface area contributed by atoms with E-state index in [-0.39, 0.29) is 5.02 Å². The van der Waals surface area contributed by atoms with Gasteiger partial charge in [-0.05, 0) is 29.3 Å². The maximum absolute atomic E-state index is 13.8. The fraction of sp³-hybridized carbons (Fsp3) is 0. The summed E-state index contributed by atoms with van der Waals surface area (Å²) < 4.78 is 14.5. The predicted octanol–water partition coefficient (Wildman–Crippen LogP) is 6.40. The minimum absolute atomic E-state index is 0.103. The fourth-order valence-electron chi connectivity index (χ4n) is 2.67. The number of fused-ring (bicyclic) bond motifs is 1. The Bertz CT molecular complexity index is 1020. The van der Waals surface area contributed by atoms with Crippen molar-refractivity contribution in [3.05, 3.63) is 63.3 Å². The number of thiophene rings is 1. The van der Waals surface area contributed by atoms with E-state index in [0.717, 1.165) is 27.7 Å². The van der Waals surface area contributed by atoms with Gasteiger partial charge in [0.05, 0.1) is 9.36 Å². The van der Waals surface area contributed by atoms with Crippen LogP contribution >= 0.6 is 34.5 Å². The van der Waals surface area contributed by atoms with Crippen molar-refractivity contribution in [2.24, 2.45) is 0 Å². The predicted molar refractivity (Wildman–Crippen MR) is 94.8 cm³/mol. The minimum atomic E-state index is -0.442. The van der Waals surface area contributed by atoms with Gasteiger partial charge in [-0.25, -0.2) is 9.37 Å². The molecule has 0 fully saturated rings. The van der Waals surface area contributed by atoms with Crippen molar-refractivity contribution in [2.45, 2.75) is 0 Å². The van der Waals surface area contributed by atoms with Crippen LogP contribution in [-0.4, -0.2) is 9.97 Å². The maximum atomic E-state index is 13.8. The molecule has 4 aromatic rings. The van der Waals surface area contributed by atoms with Gasteiger partial charge in [-0.2, -0.15) is 0 Å². The van der Waals surface area contributed by atoms with Crippen LogP contribution in [0.3, 0.4) is 0 Å². The number of nitrogens with zero attached hydrogens (tertiary/aromatic N) is 1. The maximum Gasteiger partial charge on any atom is 0.142 e. The number of pyridine rings is 1. The lowest BCUT2D eigenvalue weighted by Crippen LogP contribution is -1.85. The second-order valence-corrected chi connectivity index (χ2v) is 6.95. The van der Waals surface area contributed by atoms with E-state index in [0.29, 0.717) is 9.90 Å². The molecule has 0 saturated heterocycles. The van der Waals surface area contributed by atoms with E-state index >= 15 is 0 Å². The van der Waals surface area contributed by atoms with E-state index in [1.165, 1.54) is 17.4 Å². The van der Waals surface area contributed by atoms with Gasteiger partial charge in [0.1, 0.15) is 11.5 Å². The number of hydrogen-bond donors (Lipinski definition) is 1. The average Bonchev–Trinajstić information content (AvgIpc) is 3.16. The molecule has 3 aromatic heterocycles. The lowest BCUT2D eigenvalue weighted by atomic mass is 9.99. The molecule has 0 amide bonds. The molecule has 1 N–H and O–H groups in total. The van der Waals surface area contributed by atoms with Crippen molar-refractivity contribution in [1.82, 2.24) is 9.97 Å². The lowest BCUT2D eigenvalue weighted by Gasteiger charge is -2.07. The SMILES string of the molecule is Fc1cccc(-c2c[nH]c3nccc(-c4csc(Cl)c4)c23)c1Cl. The Balaban J connectivity index is 2.04. The quantitative estimate of drug-likeness (QED) is 0.438. The summed E-state index contributed by atoms with van der Waals surface area (Å²) in [7, 11) is 0. The summed E-state index contributed by atoms with van der Waals surface area (Å²) in [5.41, 5.74) is 4.15. The van der Waals surface area contributed by atoms with Gasteiger partial charge in [-0.1, -0.05) is 35.3 Å². The van der Waals surface area contributed by atoms with Gasteiger partial charge in [0, 0.05) is 34.3 Å². The smallest absolute Gasteiger partial charge is 0.142 e. The molecule has 0 saturated carbocycles. The van der Waals surface area contributed by atoms with Gasteiger partial charge >= 0.3 is 0 Å². The van der Waals surface area contributed by atoms with E-state index in [1.807, 2.05) is 17.5 Å². The number of aromatic nitrogens is 2. The molecule has 0 aliphatic heterocycles. The van der Waals surface area contributed by atoms with Gasteiger partial charge in [0.25, 0.3) is 0 Å². The number of halogens is 3. The van der Waals surface area contributed by atoms with Crippen LogP contribution in [0.25, 0.3) is 33.3 Å². The normalized spacial score (nSPS) is 11.3. The second-order valence-electron chi connectivity index (χ2n) is 5.03. The van der Waals surface area contributed by atoms with Gasteiger partial charge in [-0.3, -0.25) is 0 Å². The van der Waals surface area contributed by atoms with Gasteiger partial charge in [-0.15, -0.1) is 11.3 Å². The minimum Gasteiger partial charge on any atom is -0.345 e. The summed E-state index contributed by atoms with van der Waals surface area (Å²) >= 11 is 13.7. The first-order valence-corrected chi connectivity index (χ1v) is 8.43. The molecule has 0 radical (unpaired) electrons. The molecular weight excluding hydrogens is 354 g/mol. The van der Waals surface area contributed by atoms with Crippen LogP contribution in [0, 0.1) is 5.82 Å². The molecule has 23 heavy (non-hydrogen) atoms. The molecule has 2 nitrogen and oxygen atoms in total. The Morgan fingerprint density at radius 2 is 1.96 bits per heavy atom. The molecule has 4 rings (SSSR count). The summed E-state index contributed by atoms with van der Waals surface area (Å²) in [6.45, 7) is 0. The Morgan fingerprint density at radius 1 is 1.09 bits per heavy atom. The molecule has 0 aliphatic carbocycles. The van der Waals surface area contributed by atoms with Crippen molar-refractivity contribution in [3.8, 4) is 22.3 Å². The Kier molecular flexibility index (Phi) is 3.60. The highest BCUT2D eigenvalue weighted by Gasteiger charge is 2.16. The summed E-state index contributed by atoms with van der Waals surface area (Å²) in [6, 6.07) is 8.62. The first-order valence-electron chi connectivity index (χ1n) is 6.80. The number of benzene rings is 1. The zero-order valence-electron chi connectivity index (χ0n) is 11.6. The molecular formula is C17H9Cl2FN2S. The largest absolute Gasteiger partial charge is 0.345 e. The van der Waals surface area contributed by atoms with Crippen LogP contribution < -0.4 is 0 Å². The van der Waals surface area contributed by atoms with Gasteiger partial charge in [0.15, 0.2) is 0 Å². The zero-order chi connectivity index (χ0) is 16.0. The number of rotatable bonds is 2. The fourth-order valence-corrected chi connectivity index (χ4v) is 3.78. The highest BCUT2D eigenvalue weighted by atomic mass is 35.5. The van der Waals surface area contributed by atoms with Gasteiger partial charge < -0.3 is 4.98 Å². The molecule has 1 aromatic carbocycles. The van der Waals surface area contributed by atoms with E-state index in [4.69, 9.17) is 23.2 Å².